The maximum absolute atomic E-state index is 5.06. The second-order valence-corrected chi connectivity index (χ2v) is 4.88. The first-order chi connectivity index (χ1) is 7.81. The van der Waals surface area contributed by atoms with Gasteiger partial charge in [-0.15, -0.1) is 0 Å². The van der Waals surface area contributed by atoms with Crippen molar-refractivity contribution in [3.63, 3.8) is 0 Å². The quantitative estimate of drug-likeness (QED) is 0.860. The normalized spacial score (nSPS) is 17.6. The van der Waals surface area contributed by atoms with Crippen molar-refractivity contribution in [1.29, 1.82) is 0 Å². The molecule has 3 heterocycles. The smallest absolute Gasteiger partial charge is 0.150 e. The van der Waals surface area contributed by atoms with Crippen LogP contribution in [0.3, 0.4) is 0 Å². The minimum Gasteiger partial charge on any atom is -0.360 e. The first kappa shape index (κ1) is 10.0. The minimum absolute atomic E-state index is 0.481. The predicted octanol–water partition coefficient (Wildman–Crippen LogP) is 1.69. The maximum Gasteiger partial charge on any atom is 0.150 e. The van der Waals surface area contributed by atoms with Gasteiger partial charge in [-0.05, 0) is 15.9 Å². The van der Waals surface area contributed by atoms with E-state index in [0.29, 0.717) is 6.04 Å². The van der Waals surface area contributed by atoms with Crippen LogP contribution in [0.5, 0.6) is 0 Å². The molecule has 0 radical (unpaired) electrons. The second-order valence-electron chi connectivity index (χ2n) is 3.97. The average Bonchev–Trinajstić information content (AvgIpc) is 2.82. The van der Waals surface area contributed by atoms with Crippen LogP contribution < -0.4 is 0 Å². The molecule has 3 rings (SSSR count). The lowest BCUT2D eigenvalue weighted by atomic mass is 10.1. The van der Waals surface area contributed by atoms with Crippen LogP contribution in [0.2, 0.25) is 0 Å². The molecule has 0 amide bonds. The van der Waals surface area contributed by atoms with Crippen molar-refractivity contribution in [2.24, 2.45) is 0 Å². The lowest BCUT2D eigenvalue weighted by molar-refractivity contribution is 0.0809. The van der Waals surface area contributed by atoms with Crippen molar-refractivity contribution in [3.05, 3.63) is 34.9 Å². The largest absolute Gasteiger partial charge is 0.360 e. The van der Waals surface area contributed by atoms with Crippen molar-refractivity contribution < 1.29 is 4.52 Å². The van der Waals surface area contributed by atoms with Crippen molar-refractivity contribution >= 4 is 15.9 Å². The van der Waals surface area contributed by atoms with Gasteiger partial charge >= 0.3 is 0 Å². The molecule has 0 aliphatic carbocycles. The fourth-order valence-electron chi connectivity index (χ4n) is 1.90. The number of aromatic nitrogens is 3. The highest BCUT2D eigenvalue weighted by Gasteiger charge is 2.29. The average molecular weight is 283 g/mol. The number of likely N-dealkylation sites (tertiary alicyclic amines) is 1. The van der Waals surface area contributed by atoms with Crippen molar-refractivity contribution in [3.8, 4) is 0 Å². The molecule has 5 nitrogen and oxygen atoms in total. The molecule has 0 bridgehead atoms. The first-order valence-electron chi connectivity index (χ1n) is 5.13. The van der Waals surface area contributed by atoms with Gasteiger partial charge in [0.25, 0.3) is 0 Å². The van der Waals surface area contributed by atoms with Crippen molar-refractivity contribution in [2.45, 2.75) is 12.6 Å². The van der Waals surface area contributed by atoms with E-state index in [1.54, 1.807) is 6.20 Å². The van der Waals surface area contributed by atoms with Crippen LogP contribution in [-0.2, 0) is 6.54 Å². The van der Waals surface area contributed by atoms with Crippen molar-refractivity contribution in [2.75, 3.05) is 13.1 Å². The molecule has 0 unspecified atom stereocenters. The molecule has 1 fully saturated rings. The number of nitrogens with zero attached hydrogens (tertiary/aromatic N) is 4. The third kappa shape index (κ3) is 1.90. The van der Waals surface area contributed by atoms with E-state index in [1.807, 2.05) is 23.1 Å². The maximum atomic E-state index is 5.06. The Morgan fingerprint density at radius 3 is 3.00 bits per heavy atom. The molecule has 0 atom stereocenters. The van der Waals surface area contributed by atoms with Crippen molar-refractivity contribution in [1.82, 2.24) is 19.8 Å². The molecule has 2 aromatic heterocycles. The van der Waals surface area contributed by atoms with Crippen LogP contribution in [0.25, 0.3) is 0 Å². The van der Waals surface area contributed by atoms with Gasteiger partial charge in [-0.25, -0.2) is 0 Å². The minimum atomic E-state index is 0.481. The van der Waals surface area contributed by atoms with E-state index >= 15 is 0 Å². The molecule has 1 saturated heterocycles. The SMILES string of the molecule is Brc1cnn(C2CN(Cc3ccno3)C2)c1. The van der Waals surface area contributed by atoms with Gasteiger partial charge in [0.05, 0.1) is 29.5 Å². The summed E-state index contributed by atoms with van der Waals surface area (Å²) in [6.45, 7) is 2.85. The van der Waals surface area contributed by atoms with Gasteiger partial charge in [0.1, 0.15) is 0 Å². The van der Waals surface area contributed by atoms with Crippen LogP contribution in [0, 0.1) is 0 Å². The van der Waals surface area contributed by atoms with Gasteiger partial charge in [-0.2, -0.15) is 5.10 Å². The Balaban J connectivity index is 1.55. The van der Waals surface area contributed by atoms with Gasteiger partial charge in [-0.1, -0.05) is 5.16 Å². The molecule has 0 aromatic carbocycles. The van der Waals surface area contributed by atoms with E-state index in [-0.39, 0.29) is 0 Å². The fourth-order valence-corrected chi connectivity index (χ4v) is 2.20. The predicted molar refractivity (Wildman–Crippen MR) is 60.7 cm³/mol. The molecule has 1 aliphatic rings. The number of rotatable bonds is 3. The Kier molecular flexibility index (Phi) is 2.53. The van der Waals surface area contributed by atoms with Crippen LogP contribution in [-0.4, -0.2) is 32.9 Å². The second kappa shape index (κ2) is 4.03. The van der Waals surface area contributed by atoms with E-state index in [9.17, 15) is 0 Å². The third-order valence-electron chi connectivity index (χ3n) is 2.75. The highest BCUT2D eigenvalue weighted by atomic mass is 79.9. The highest BCUT2D eigenvalue weighted by molar-refractivity contribution is 9.10. The van der Waals surface area contributed by atoms with E-state index in [4.69, 9.17) is 4.52 Å². The van der Waals surface area contributed by atoms with Gasteiger partial charge in [0, 0.05) is 25.4 Å². The summed E-state index contributed by atoms with van der Waals surface area (Å²) >= 11 is 3.40. The fraction of sp³-hybridized carbons (Fsp3) is 0.400. The number of halogens is 1. The standard InChI is InChI=1S/C10H11BrN4O/c11-8-3-12-15(4-8)9-5-14(6-9)7-10-1-2-13-16-10/h1-4,9H,5-7H2. The Morgan fingerprint density at radius 2 is 2.38 bits per heavy atom. The van der Waals surface area contributed by atoms with E-state index in [2.05, 4.69) is 31.1 Å². The third-order valence-corrected chi connectivity index (χ3v) is 3.16. The Labute approximate surface area is 101 Å². The molecule has 6 heteroatoms. The van der Waals surface area contributed by atoms with Crippen LogP contribution in [0.1, 0.15) is 11.8 Å². The van der Waals surface area contributed by atoms with Crippen LogP contribution in [0.4, 0.5) is 0 Å². The number of hydrogen-bond donors (Lipinski definition) is 0. The first-order valence-corrected chi connectivity index (χ1v) is 5.92. The summed E-state index contributed by atoms with van der Waals surface area (Å²) in [5.74, 6) is 0.917. The van der Waals surface area contributed by atoms with Crippen LogP contribution in [0.15, 0.2) is 33.7 Å². The molecule has 16 heavy (non-hydrogen) atoms. The molecule has 1 aliphatic heterocycles. The summed E-state index contributed by atoms with van der Waals surface area (Å²) in [7, 11) is 0. The summed E-state index contributed by atoms with van der Waals surface area (Å²) in [6.07, 6.45) is 5.51. The van der Waals surface area contributed by atoms with Gasteiger partial charge in [0.2, 0.25) is 0 Å². The highest BCUT2D eigenvalue weighted by Crippen LogP contribution is 2.23. The summed E-state index contributed by atoms with van der Waals surface area (Å²) in [5.41, 5.74) is 0. The number of hydrogen-bond acceptors (Lipinski definition) is 4. The zero-order valence-electron chi connectivity index (χ0n) is 8.58. The molecule has 0 saturated carbocycles. The Hall–Kier alpha value is -1.14. The molecule has 0 N–H and O–H groups in total. The Bertz CT molecular complexity index is 461. The molecular weight excluding hydrogens is 272 g/mol. The van der Waals surface area contributed by atoms with Gasteiger partial charge in [0.15, 0.2) is 5.76 Å². The monoisotopic (exact) mass is 282 g/mol. The Morgan fingerprint density at radius 1 is 1.50 bits per heavy atom. The summed E-state index contributed by atoms with van der Waals surface area (Å²) < 4.78 is 8.09. The van der Waals surface area contributed by atoms with Crippen LogP contribution >= 0.6 is 15.9 Å². The molecular formula is C10H11BrN4O. The summed E-state index contributed by atoms with van der Waals surface area (Å²) in [6, 6.07) is 2.38. The summed E-state index contributed by atoms with van der Waals surface area (Å²) in [4.78, 5) is 2.31. The lowest BCUT2D eigenvalue weighted by Crippen LogP contribution is -2.47. The van der Waals surface area contributed by atoms with Gasteiger partial charge < -0.3 is 4.52 Å². The van der Waals surface area contributed by atoms with E-state index in [0.717, 1.165) is 29.9 Å². The lowest BCUT2D eigenvalue weighted by Gasteiger charge is -2.38. The van der Waals surface area contributed by atoms with E-state index < -0.39 is 0 Å². The molecule has 84 valence electrons. The summed E-state index contributed by atoms with van der Waals surface area (Å²) in [5, 5.41) is 7.97. The topological polar surface area (TPSA) is 47.1 Å². The van der Waals surface area contributed by atoms with Gasteiger partial charge in [-0.3, -0.25) is 9.58 Å². The molecule has 2 aromatic rings. The van der Waals surface area contributed by atoms with E-state index in [1.165, 1.54) is 0 Å². The zero-order chi connectivity index (χ0) is 11.0. The zero-order valence-corrected chi connectivity index (χ0v) is 10.2. The molecule has 0 spiro atoms.